The minimum absolute atomic E-state index is 0.0758. The maximum Gasteiger partial charge on any atom is 0.234 e. The Bertz CT molecular complexity index is 825. The lowest BCUT2D eigenvalue weighted by molar-refractivity contribution is -0.122. The molecule has 0 spiro atoms. The highest BCUT2D eigenvalue weighted by atomic mass is 16.5. The minimum atomic E-state index is 0.0758. The monoisotopic (exact) mass is 425 g/mol. The summed E-state index contributed by atoms with van der Waals surface area (Å²) in [6.07, 6.45) is 7.00. The average Bonchev–Trinajstić information content (AvgIpc) is 2.74. The van der Waals surface area contributed by atoms with E-state index in [0.29, 0.717) is 37.2 Å². The number of amides is 1. The van der Waals surface area contributed by atoms with Crippen LogP contribution in [0, 0.1) is 5.92 Å². The number of benzene rings is 1. The van der Waals surface area contributed by atoms with Crippen molar-refractivity contribution in [2.24, 2.45) is 5.92 Å². The molecule has 1 aliphatic heterocycles. The van der Waals surface area contributed by atoms with Gasteiger partial charge in [-0.2, -0.15) is 0 Å². The fourth-order valence-electron chi connectivity index (χ4n) is 3.58. The fourth-order valence-corrected chi connectivity index (χ4v) is 3.58. The van der Waals surface area contributed by atoms with Gasteiger partial charge in [0.1, 0.15) is 0 Å². The first-order valence-electron chi connectivity index (χ1n) is 11.4. The molecule has 0 aliphatic carbocycles. The lowest BCUT2D eigenvalue weighted by Crippen LogP contribution is -2.38. The molecular weight excluding hydrogens is 390 g/mol. The van der Waals surface area contributed by atoms with E-state index in [0.717, 1.165) is 56.5 Å². The molecule has 0 saturated carbocycles. The van der Waals surface area contributed by atoms with Gasteiger partial charge in [0.05, 0.1) is 13.2 Å². The van der Waals surface area contributed by atoms with Gasteiger partial charge < -0.3 is 14.8 Å². The van der Waals surface area contributed by atoms with Gasteiger partial charge in [0.25, 0.3) is 0 Å². The van der Waals surface area contributed by atoms with E-state index in [4.69, 9.17) is 9.47 Å². The third kappa shape index (κ3) is 7.87. The van der Waals surface area contributed by atoms with Crippen LogP contribution >= 0.6 is 0 Å². The molecule has 6 nitrogen and oxygen atoms in total. The van der Waals surface area contributed by atoms with Crippen molar-refractivity contribution in [2.75, 3.05) is 26.2 Å². The molecule has 31 heavy (non-hydrogen) atoms. The molecule has 1 aromatic carbocycles. The second kappa shape index (κ2) is 12.3. The zero-order chi connectivity index (χ0) is 21.9. The Labute approximate surface area is 186 Å². The minimum Gasteiger partial charge on any atom is -0.490 e. The third-order valence-electron chi connectivity index (χ3n) is 5.34. The number of carbonyl (C=O) groups is 1. The van der Waals surface area contributed by atoms with Gasteiger partial charge in [-0.15, -0.1) is 0 Å². The molecule has 1 amide bonds. The van der Waals surface area contributed by atoms with Crippen LogP contribution in [0.25, 0.3) is 0 Å². The molecule has 168 valence electrons. The number of ether oxygens (including phenoxy) is 2. The predicted molar refractivity (Wildman–Crippen MR) is 122 cm³/mol. The average molecular weight is 426 g/mol. The van der Waals surface area contributed by atoms with E-state index in [1.165, 1.54) is 0 Å². The van der Waals surface area contributed by atoms with Gasteiger partial charge in [-0.3, -0.25) is 9.69 Å². The summed E-state index contributed by atoms with van der Waals surface area (Å²) in [6.45, 7) is 7.58. The standard InChI is InChI=1S/C25H35N3O3/c1-20(2)13-15-26-24(29)19-28-16-7-3-4-8-17-30-22-11-5-6-12-23(22)31-25-21(18-28)10-9-14-27-25/h5-6,9-12,14,20H,3-4,7-8,13,15-19H2,1-2H3,(H,26,29). The van der Waals surface area contributed by atoms with Crippen LogP contribution in [0.15, 0.2) is 42.6 Å². The Morgan fingerprint density at radius 3 is 2.74 bits per heavy atom. The van der Waals surface area contributed by atoms with Gasteiger partial charge in [0, 0.05) is 24.8 Å². The summed E-state index contributed by atoms with van der Waals surface area (Å²) in [5, 5.41) is 3.06. The van der Waals surface area contributed by atoms with Gasteiger partial charge in [0.15, 0.2) is 11.5 Å². The van der Waals surface area contributed by atoms with Gasteiger partial charge in [-0.1, -0.05) is 44.9 Å². The molecule has 2 heterocycles. The maximum atomic E-state index is 12.5. The van der Waals surface area contributed by atoms with E-state index in [1.54, 1.807) is 6.20 Å². The summed E-state index contributed by atoms with van der Waals surface area (Å²) >= 11 is 0. The van der Waals surface area contributed by atoms with Crippen LogP contribution in [0.1, 0.15) is 51.5 Å². The van der Waals surface area contributed by atoms with Crippen molar-refractivity contribution in [2.45, 2.75) is 52.5 Å². The zero-order valence-corrected chi connectivity index (χ0v) is 18.8. The lowest BCUT2D eigenvalue weighted by Gasteiger charge is -2.23. The van der Waals surface area contributed by atoms with Crippen molar-refractivity contribution >= 4 is 5.91 Å². The number of hydrogen-bond donors (Lipinski definition) is 1. The molecular formula is C25H35N3O3. The molecule has 0 saturated heterocycles. The maximum absolute atomic E-state index is 12.5. The number of nitrogens with zero attached hydrogens (tertiary/aromatic N) is 2. The van der Waals surface area contributed by atoms with Crippen molar-refractivity contribution in [3.05, 3.63) is 48.2 Å². The molecule has 0 unspecified atom stereocenters. The molecule has 3 rings (SSSR count). The summed E-state index contributed by atoms with van der Waals surface area (Å²) in [5.74, 6) is 2.61. The number of fused-ring (bicyclic) bond motifs is 2. The summed E-state index contributed by atoms with van der Waals surface area (Å²) in [5.41, 5.74) is 0.962. The number of hydrogen-bond acceptors (Lipinski definition) is 5. The number of nitrogens with one attached hydrogen (secondary N) is 1. The van der Waals surface area contributed by atoms with Crippen LogP contribution in [-0.2, 0) is 11.3 Å². The van der Waals surface area contributed by atoms with E-state index >= 15 is 0 Å². The van der Waals surface area contributed by atoms with Crippen molar-refractivity contribution in [1.29, 1.82) is 0 Å². The van der Waals surface area contributed by atoms with Gasteiger partial charge >= 0.3 is 0 Å². The topological polar surface area (TPSA) is 63.7 Å². The predicted octanol–water partition coefficient (Wildman–Crippen LogP) is 4.79. The molecule has 2 aromatic rings. The normalized spacial score (nSPS) is 15.7. The molecule has 1 N–H and O–H groups in total. The van der Waals surface area contributed by atoms with Gasteiger partial charge in [-0.05, 0) is 49.9 Å². The van der Waals surface area contributed by atoms with Crippen molar-refractivity contribution in [3.63, 3.8) is 0 Å². The highest BCUT2D eigenvalue weighted by Crippen LogP contribution is 2.32. The Balaban J connectivity index is 1.75. The summed E-state index contributed by atoms with van der Waals surface area (Å²) < 4.78 is 12.1. The second-order valence-corrected chi connectivity index (χ2v) is 8.52. The Morgan fingerprint density at radius 1 is 1.10 bits per heavy atom. The largest absolute Gasteiger partial charge is 0.490 e. The summed E-state index contributed by atoms with van der Waals surface area (Å²) in [6, 6.07) is 11.6. The van der Waals surface area contributed by atoms with E-state index < -0.39 is 0 Å². The Morgan fingerprint density at radius 2 is 1.90 bits per heavy atom. The summed E-state index contributed by atoms with van der Waals surface area (Å²) in [4.78, 5) is 19.2. The number of carbonyl (C=O) groups excluding carboxylic acids is 1. The van der Waals surface area contributed by atoms with Crippen molar-refractivity contribution < 1.29 is 14.3 Å². The molecule has 0 bridgehead atoms. The van der Waals surface area contributed by atoms with E-state index in [1.807, 2.05) is 36.4 Å². The number of para-hydroxylation sites is 2. The quantitative estimate of drug-likeness (QED) is 0.746. The van der Waals surface area contributed by atoms with Crippen LogP contribution < -0.4 is 14.8 Å². The van der Waals surface area contributed by atoms with Crippen LogP contribution in [0.3, 0.4) is 0 Å². The van der Waals surface area contributed by atoms with Crippen LogP contribution in [0.4, 0.5) is 0 Å². The van der Waals surface area contributed by atoms with E-state index in [-0.39, 0.29) is 5.91 Å². The number of rotatable bonds is 5. The lowest BCUT2D eigenvalue weighted by atomic mass is 10.1. The first-order valence-corrected chi connectivity index (χ1v) is 11.4. The first kappa shape index (κ1) is 23.1. The molecule has 0 fully saturated rings. The highest BCUT2D eigenvalue weighted by molar-refractivity contribution is 5.78. The molecule has 1 aromatic heterocycles. The van der Waals surface area contributed by atoms with Crippen LogP contribution in [0.2, 0.25) is 0 Å². The molecule has 6 heteroatoms. The SMILES string of the molecule is CC(C)CCNC(=O)CN1CCCCCCOc2ccccc2Oc2ncccc2C1. The summed E-state index contributed by atoms with van der Waals surface area (Å²) in [7, 11) is 0. The van der Waals surface area contributed by atoms with E-state index in [9.17, 15) is 4.79 Å². The van der Waals surface area contributed by atoms with Gasteiger partial charge in [0.2, 0.25) is 11.8 Å². The molecule has 1 aliphatic rings. The van der Waals surface area contributed by atoms with Crippen molar-refractivity contribution in [3.8, 4) is 17.4 Å². The molecule has 0 radical (unpaired) electrons. The molecule has 0 atom stereocenters. The van der Waals surface area contributed by atoms with Gasteiger partial charge in [-0.25, -0.2) is 4.98 Å². The third-order valence-corrected chi connectivity index (χ3v) is 5.34. The Hall–Kier alpha value is -2.60. The van der Waals surface area contributed by atoms with Crippen molar-refractivity contribution in [1.82, 2.24) is 15.2 Å². The van der Waals surface area contributed by atoms with Crippen LogP contribution in [-0.4, -0.2) is 42.0 Å². The second-order valence-electron chi connectivity index (χ2n) is 8.52. The van der Waals surface area contributed by atoms with E-state index in [2.05, 4.69) is 29.0 Å². The fraction of sp³-hybridized carbons (Fsp3) is 0.520. The first-order chi connectivity index (χ1) is 15.1. The van der Waals surface area contributed by atoms with Crippen LogP contribution in [0.5, 0.6) is 17.4 Å². The zero-order valence-electron chi connectivity index (χ0n) is 18.8. The Kier molecular flexibility index (Phi) is 9.16. The highest BCUT2D eigenvalue weighted by Gasteiger charge is 2.16. The number of pyridine rings is 1. The smallest absolute Gasteiger partial charge is 0.234 e. The number of aromatic nitrogens is 1.